The maximum atomic E-state index is 5.95. The van der Waals surface area contributed by atoms with E-state index in [1.807, 2.05) is 43.4 Å². The van der Waals surface area contributed by atoms with E-state index in [9.17, 15) is 0 Å². The minimum Gasteiger partial charge on any atom is -0.473 e. The Morgan fingerprint density at radius 1 is 1.32 bits per heavy atom. The third kappa shape index (κ3) is 3.69. The van der Waals surface area contributed by atoms with Crippen molar-refractivity contribution in [3.63, 3.8) is 0 Å². The first kappa shape index (κ1) is 13.8. The Morgan fingerprint density at radius 3 is 2.89 bits per heavy atom. The summed E-state index contributed by atoms with van der Waals surface area (Å²) in [6.07, 6.45) is 1.74. The molecule has 0 bridgehead atoms. The third-order valence-electron chi connectivity index (χ3n) is 2.96. The van der Waals surface area contributed by atoms with E-state index in [2.05, 4.69) is 17.2 Å². The van der Waals surface area contributed by atoms with Gasteiger partial charge in [0.15, 0.2) is 0 Å². The van der Waals surface area contributed by atoms with Gasteiger partial charge in [-0.1, -0.05) is 29.8 Å². The molecule has 4 heteroatoms. The number of benzene rings is 1. The fourth-order valence-corrected chi connectivity index (χ4v) is 2.00. The smallest absolute Gasteiger partial charge is 0.218 e. The summed E-state index contributed by atoms with van der Waals surface area (Å²) in [4.78, 5) is 4.29. The van der Waals surface area contributed by atoms with Crippen molar-refractivity contribution in [1.29, 1.82) is 0 Å². The fraction of sp³-hybridized carbons (Fsp3) is 0.267. The molecule has 0 fully saturated rings. The van der Waals surface area contributed by atoms with E-state index >= 15 is 0 Å². The molecule has 1 atom stereocenters. The van der Waals surface area contributed by atoms with Crippen LogP contribution in [0.4, 0.5) is 0 Å². The number of nitrogens with zero attached hydrogens (tertiary/aromatic N) is 1. The highest BCUT2D eigenvalue weighted by Crippen LogP contribution is 2.23. The molecule has 1 heterocycles. The number of pyridine rings is 1. The minimum absolute atomic E-state index is 0.197. The molecule has 0 radical (unpaired) electrons. The molecule has 1 aromatic heterocycles. The second-order valence-corrected chi connectivity index (χ2v) is 4.76. The third-order valence-corrected chi connectivity index (χ3v) is 3.20. The second-order valence-electron chi connectivity index (χ2n) is 4.33. The van der Waals surface area contributed by atoms with E-state index in [4.69, 9.17) is 16.3 Å². The number of halogens is 1. The Labute approximate surface area is 118 Å². The minimum atomic E-state index is 0.197. The molecular weight excluding hydrogens is 260 g/mol. The highest BCUT2D eigenvalue weighted by atomic mass is 35.5. The topological polar surface area (TPSA) is 34.2 Å². The van der Waals surface area contributed by atoms with Crippen LogP contribution in [0.5, 0.6) is 5.88 Å². The van der Waals surface area contributed by atoms with Gasteiger partial charge < -0.3 is 10.1 Å². The van der Waals surface area contributed by atoms with Crippen LogP contribution in [0.1, 0.15) is 24.1 Å². The molecule has 2 rings (SSSR count). The van der Waals surface area contributed by atoms with Gasteiger partial charge in [-0.3, -0.25) is 0 Å². The van der Waals surface area contributed by atoms with Crippen LogP contribution < -0.4 is 10.1 Å². The summed E-state index contributed by atoms with van der Waals surface area (Å²) in [6.45, 7) is 2.53. The standard InChI is InChI=1S/C15H17ClN2O/c1-11(17-2)14-7-4-8-18-15(14)19-10-12-5-3-6-13(16)9-12/h3-9,11,17H,10H2,1-2H3. The van der Waals surface area contributed by atoms with Gasteiger partial charge in [0, 0.05) is 22.8 Å². The largest absolute Gasteiger partial charge is 0.473 e. The zero-order valence-electron chi connectivity index (χ0n) is 11.1. The summed E-state index contributed by atoms with van der Waals surface area (Å²) in [6, 6.07) is 11.8. The molecule has 1 unspecified atom stereocenters. The van der Waals surface area contributed by atoms with Crippen molar-refractivity contribution in [2.75, 3.05) is 7.05 Å². The Bertz CT molecular complexity index is 545. The lowest BCUT2D eigenvalue weighted by Crippen LogP contribution is -2.14. The molecule has 2 aromatic rings. The fourth-order valence-electron chi connectivity index (χ4n) is 1.79. The van der Waals surface area contributed by atoms with E-state index in [0.717, 1.165) is 11.1 Å². The molecule has 3 nitrogen and oxygen atoms in total. The van der Waals surface area contributed by atoms with Crippen molar-refractivity contribution >= 4 is 11.6 Å². The van der Waals surface area contributed by atoms with Crippen LogP contribution in [0.15, 0.2) is 42.6 Å². The molecule has 0 spiro atoms. The van der Waals surface area contributed by atoms with Crippen LogP contribution in [0.25, 0.3) is 0 Å². The van der Waals surface area contributed by atoms with E-state index in [-0.39, 0.29) is 6.04 Å². The van der Waals surface area contributed by atoms with E-state index in [1.165, 1.54) is 0 Å². The Balaban J connectivity index is 2.11. The second kappa shape index (κ2) is 6.55. The van der Waals surface area contributed by atoms with Crippen molar-refractivity contribution in [2.45, 2.75) is 19.6 Å². The number of hydrogen-bond acceptors (Lipinski definition) is 3. The predicted molar refractivity (Wildman–Crippen MR) is 77.5 cm³/mol. The van der Waals surface area contributed by atoms with Crippen LogP contribution in [0.3, 0.4) is 0 Å². The van der Waals surface area contributed by atoms with Gasteiger partial charge in [0.05, 0.1) is 0 Å². The van der Waals surface area contributed by atoms with Crippen LogP contribution in [0, 0.1) is 0 Å². The first-order chi connectivity index (χ1) is 9.20. The summed E-state index contributed by atoms with van der Waals surface area (Å²) in [5.41, 5.74) is 2.08. The van der Waals surface area contributed by atoms with E-state index in [1.54, 1.807) is 6.20 Å². The van der Waals surface area contributed by atoms with Gasteiger partial charge in [-0.2, -0.15) is 0 Å². The SMILES string of the molecule is CNC(C)c1cccnc1OCc1cccc(Cl)c1. The number of aromatic nitrogens is 1. The van der Waals surface area contributed by atoms with Gasteiger partial charge in [-0.25, -0.2) is 4.98 Å². The molecule has 19 heavy (non-hydrogen) atoms. The number of nitrogens with one attached hydrogen (secondary N) is 1. The van der Waals surface area contributed by atoms with Crippen LogP contribution in [0.2, 0.25) is 5.02 Å². The maximum absolute atomic E-state index is 5.95. The average molecular weight is 277 g/mol. The highest BCUT2D eigenvalue weighted by Gasteiger charge is 2.10. The van der Waals surface area contributed by atoms with Gasteiger partial charge in [0.2, 0.25) is 5.88 Å². The van der Waals surface area contributed by atoms with Crippen molar-refractivity contribution in [1.82, 2.24) is 10.3 Å². The molecule has 1 aromatic carbocycles. The molecule has 1 N–H and O–H groups in total. The van der Waals surface area contributed by atoms with Crippen molar-refractivity contribution < 1.29 is 4.74 Å². The van der Waals surface area contributed by atoms with Gasteiger partial charge in [-0.05, 0) is 37.7 Å². The molecule has 100 valence electrons. The van der Waals surface area contributed by atoms with E-state index < -0.39 is 0 Å². The molecule has 0 saturated carbocycles. The van der Waals surface area contributed by atoms with Crippen molar-refractivity contribution in [3.8, 4) is 5.88 Å². The van der Waals surface area contributed by atoms with E-state index in [0.29, 0.717) is 17.5 Å². The molecule has 0 aliphatic carbocycles. The zero-order valence-corrected chi connectivity index (χ0v) is 11.8. The summed E-state index contributed by atoms with van der Waals surface area (Å²) in [7, 11) is 1.92. The quantitative estimate of drug-likeness (QED) is 0.906. The number of hydrogen-bond donors (Lipinski definition) is 1. The molecular formula is C15H17ClN2O. The maximum Gasteiger partial charge on any atom is 0.218 e. The lowest BCUT2D eigenvalue weighted by atomic mass is 10.1. The zero-order chi connectivity index (χ0) is 13.7. The molecule has 0 aliphatic rings. The first-order valence-corrected chi connectivity index (χ1v) is 6.58. The summed E-state index contributed by atoms with van der Waals surface area (Å²) in [5, 5.41) is 3.90. The van der Waals surface area contributed by atoms with Gasteiger partial charge in [0.25, 0.3) is 0 Å². The van der Waals surface area contributed by atoms with Crippen LogP contribution >= 0.6 is 11.6 Å². The average Bonchev–Trinajstić information content (AvgIpc) is 2.45. The highest BCUT2D eigenvalue weighted by molar-refractivity contribution is 6.30. The number of ether oxygens (including phenoxy) is 1. The lowest BCUT2D eigenvalue weighted by Gasteiger charge is -2.15. The Kier molecular flexibility index (Phi) is 4.77. The van der Waals surface area contributed by atoms with Gasteiger partial charge in [-0.15, -0.1) is 0 Å². The Morgan fingerprint density at radius 2 is 2.16 bits per heavy atom. The molecule has 0 amide bonds. The molecule has 0 saturated heterocycles. The normalized spacial score (nSPS) is 12.2. The number of rotatable bonds is 5. The van der Waals surface area contributed by atoms with Gasteiger partial charge in [0.1, 0.15) is 6.61 Å². The van der Waals surface area contributed by atoms with Gasteiger partial charge >= 0.3 is 0 Å². The van der Waals surface area contributed by atoms with Crippen molar-refractivity contribution in [3.05, 3.63) is 58.7 Å². The first-order valence-electron chi connectivity index (χ1n) is 6.20. The lowest BCUT2D eigenvalue weighted by molar-refractivity contribution is 0.287. The van der Waals surface area contributed by atoms with Crippen LogP contribution in [-0.2, 0) is 6.61 Å². The summed E-state index contributed by atoms with van der Waals surface area (Å²) in [5.74, 6) is 0.657. The Hall–Kier alpha value is -1.58. The summed E-state index contributed by atoms with van der Waals surface area (Å²) >= 11 is 5.95. The monoisotopic (exact) mass is 276 g/mol. The summed E-state index contributed by atoms with van der Waals surface area (Å²) < 4.78 is 5.79. The van der Waals surface area contributed by atoms with Crippen molar-refractivity contribution in [2.24, 2.45) is 0 Å². The predicted octanol–water partition coefficient (Wildman–Crippen LogP) is 3.59. The van der Waals surface area contributed by atoms with Crippen LogP contribution in [-0.4, -0.2) is 12.0 Å². The molecule has 0 aliphatic heterocycles.